The van der Waals surface area contributed by atoms with Crippen molar-refractivity contribution in [2.45, 2.75) is 18.9 Å². The molecule has 2 aromatic rings. The fraction of sp³-hybridized carbons (Fsp3) is 0.267. The first kappa shape index (κ1) is 12.7. The van der Waals surface area contributed by atoms with Crippen molar-refractivity contribution in [3.05, 3.63) is 59.9 Å². The van der Waals surface area contributed by atoms with Crippen LogP contribution < -0.4 is 0 Å². The maximum atomic E-state index is 13.1. The van der Waals surface area contributed by atoms with Crippen LogP contribution in [0, 0.1) is 5.95 Å². The number of amides is 1. The number of likely N-dealkylation sites (tertiary alicyclic amines) is 1. The number of rotatable bonds is 2. The average Bonchev–Trinajstić information content (AvgIpc) is 2.97. The van der Waals surface area contributed by atoms with E-state index in [1.54, 1.807) is 23.4 Å². The van der Waals surface area contributed by atoms with Crippen LogP contribution in [-0.2, 0) is 0 Å². The van der Waals surface area contributed by atoms with Crippen molar-refractivity contribution in [2.24, 2.45) is 0 Å². The molecular weight excluding hydrogens is 257 g/mol. The summed E-state index contributed by atoms with van der Waals surface area (Å²) in [6.45, 7) is 0.671. The van der Waals surface area contributed by atoms with Gasteiger partial charge in [0.1, 0.15) is 5.69 Å². The molecule has 20 heavy (non-hydrogen) atoms. The van der Waals surface area contributed by atoms with Gasteiger partial charge in [0.05, 0.1) is 6.04 Å². The zero-order valence-electron chi connectivity index (χ0n) is 10.9. The van der Waals surface area contributed by atoms with E-state index in [1.165, 1.54) is 12.1 Å². The first-order valence-electron chi connectivity index (χ1n) is 6.59. The van der Waals surface area contributed by atoms with Crippen LogP contribution in [0.1, 0.15) is 34.9 Å². The van der Waals surface area contributed by atoms with Gasteiger partial charge in [-0.2, -0.15) is 4.39 Å². The summed E-state index contributed by atoms with van der Waals surface area (Å²) in [4.78, 5) is 21.9. The molecule has 102 valence electrons. The second-order valence-corrected chi connectivity index (χ2v) is 4.78. The summed E-state index contributed by atoms with van der Waals surface area (Å²) in [5.41, 5.74) is 1.22. The molecule has 3 rings (SSSR count). The summed E-state index contributed by atoms with van der Waals surface area (Å²) >= 11 is 0. The average molecular weight is 271 g/mol. The van der Waals surface area contributed by atoms with Crippen molar-refractivity contribution in [3.8, 4) is 0 Å². The Morgan fingerprint density at radius 2 is 2.05 bits per heavy atom. The molecule has 1 atom stereocenters. The number of aromatic nitrogens is 2. The van der Waals surface area contributed by atoms with E-state index < -0.39 is 5.95 Å². The molecule has 0 saturated carbocycles. The van der Waals surface area contributed by atoms with Crippen molar-refractivity contribution in [1.29, 1.82) is 0 Å². The van der Waals surface area contributed by atoms with Crippen LogP contribution in [0.5, 0.6) is 0 Å². The topological polar surface area (TPSA) is 46.1 Å². The maximum absolute atomic E-state index is 13.1. The third-order valence-electron chi connectivity index (χ3n) is 3.54. The predicted octanol–water partition coefficient (Wildman–Crippen LogP) is 2.59. The van der Waals surface area contributed by atoms with Crippen LogP contribution in [-0.4, -0.2) is 27.3 Å². The number of halogens is 1. The Morgan fingerprint density at radius 1 is 1.25 bits per heavy atom. The fourth-order valence-electron chi connectivity index (χ4n) is 2.62. The van der Waals surface area contributed by atoms with E-state index in [4.69, 9.17) is 0 Å². The minimum absolute atomic E-state index is 0.0237. The highest BCUT2D eigenvalue weighted by atomic mass is 19.1. The lowest BCUT2D eigenvalue weighted by atomic mass is 10.1. The minimum atomic E-state index is -0.629. The second kappa shape index (κ2) is 5.36. The standard InChI is InChI=1S/C15H14FN3O/c16-14-5-1-3-12(18-14)15(20)19-10-2-4-13(19)11-6-8-17-9-7-11/h1,3,5-9,13H,2,4,10H2. The Hall–Kier alpha value is -2.30. The number of hydrogen-bond donors (Lipinski definition) is 0. The smallest absolute Gasteiger partial charge is 0.273 e. The minimum Gasteiger partial charge on any atom is -0.330 e. The molecule has 0 radical (unpaired) electrons. The summed E-state index contributed by atoms with van der Waals surface area (Å²) in [5.74, 6) is -0.848. The second-order valence-electron chi connectivity index (χ2n) is 4.78. The summed E-state index contributed by atoms with van der Waals surface area (Å²) in [5, 5.41) is 0. The number of hydrogen-bond acceptors (Lipinski definition) is 3. The van der Waals surface area contributed by atoms with Crippen LogP contribution in [0.15, 0.2) is 42.7 Å². The first-order valence-corrected chi connectivity index (χ1v) is 6.59. The lowest BCUT2D eigenvalue weighted by Gasteiger charge is -2.24. The van der Waals surface area contributed by atoms with Gasteiger partial charge in [0.2, 0.25) is 5.95 Å². The summed E-state index contributed by atoms with van der Waals surface area (Å²) in [6.07, 6.45) is 5.28. The Morgan fingerprint density at radius 3 is 2.80 bits per heavy atom. The monoisotopic (exact) mass is 271 g/mol. The highest BCUT2D eigenvalue weighted by Gasteiger charge is 2.31. The van der Waals surface area contributed by atoms with E-state index in [1.807, 2.05) is 12.1 Å². The predicted molar refractivity (Wildman–Crippen MR) is 71.4 cm³/mol. The zero-order chi connectivity index (χ0) is 13.9. The molecule has 1 aliphatic heterocycles. The highest BCUT2D eigenvalue weighted by Crippen LogP contribution is 2.32. The van der Waals surface area contributed by atoms with E-state index in [-0.39, 0.29) is 17.6 Å². The van der Waals surface area contributed by atoms with Gasteiger partial charge < -0.3 is 4.90 Å². The number of carbonyl (C=O) groups is 1. The molecular formula is C15H14FN3O. The molecule has 0 spiro atoms. The highest BCUT2D eigenvalue weighted by molar-refractivity contribution is 5.92. The summed E-state index contributed by atoms with van der Waals surface area (Å²) in [6, 6.07) is 8.14. The molecule has 0 N–H and O–H groups in total. The first-order chi connectivity index (χ1) is 9.75. The third-order valence-corrected chi connectivity index (χ3v) is 3.54. The lowest BCUT2D eigenvalue weighted by molar-refractivity contribution is 0.0728. The molecule has 4 nitrogen and oxygen atoms in total. The molecule has 0 aliphatic carbocycles. The van der Waals surface area contributed by atoms with E-state index >= 15 is 0 Å². The van der Waals surface area contributed by atoms with E-state index in [0.29, 0.717) is 6.54 Å². The lowest BCUT2D eigenvalue weighted by Crippen LogP contribution is -2.31. The fourth-order valence-corrected chi connectivity index (χ4v) is 2.62. The van der Waals surface area contributed by atoms with E-state index in [2.05, 4.69) is 9.97 Å². The van der Waals surface area contributed by atoms with E-state index in [9.17, 15) is 9.18 Å². The van der Waals surface area contributed by atoms with Gasteiger partial charge in [0.15, 0.2) is 0 Å². The molecule has 5 heteroatoms. The molecule has 1 fully saturated rings. The van der Waals surface area contributed by atoms with Crippen LogP contribution in [0.25, 0.3) is 0 Å². The van der Waals surface area contributed by atoms with Crippen LogP contribution in [0.3, 0.4) is 0 Å². The normalized spacial score (nSPS) is 18.2. The molecule has 0 bridgehead atoms. The van der Waals surface area contributed by atoms with Gasteiger partial charge in [-0.3, -0.25) is 9.78 Å². The van der Waals surface area contributed by atoms with Crippen LogP contribution in [0.2, 0.25) is 0 Å². The van der Waals surface area contributed by atoms with E-state index in [0.717, 1.165) is 18.4 Å². The van der Waals surface area contributed by atoms with Gasteiger partial charge in [-0.25, -0.2) is 4.98 Å². The number of pyridine rings is 2. The Labute approximate surface area is 116 Å². The molecule has 1 amide bonds. The summed E-state index contributed by atoms with van der Waals surface area (Å²) < 4.78 is 13.1. The molecule has 0 aromatic carbocycles. The molecule has 2 aromatic heterocycles. The Balaban J connectivity index is 1.87. The SMILES string of the molecule is O=C(c1cccc(F)n1)N1CCCC1c1ccncc1. The largest absolute Gasteiger partial charge is 0.330 e. The molecule has 3 heterocycles. The van der Waals surface area contributed by atoms with Crippen molar-refractivity contribution < 1.29 is 9.18 Å². The van der Waals surface area contributed by atoms with Gasteiger partial charge >= 0.3 is 0 Å². The Bertz CT molecular complexity index is 618. The summed E-state index contributed by atoms with van der Waals surface area (Å²) in [7, 11) is 0. The molecule has 1 unspecified atom stereocenters. The van der Waals surface area contributed by atoms with Gasteiger partial charge in [-0.05, 0) is 42.7 Å². The van der Waals surface area contributed by atoms with Gasteiger partial charge in [0, 0.05) is 18.9 Å². The van der Waals surface area contributed by atoms with Gasteiger partial charge in [0.25, 0.3) is 5.91 Å². The third kappa shape index (κ3) is 2.39. The molecule has 1 saturated heterocycles. The van der Waals surface area contributed by atoms with Crippen molar-refractivity contribution in [1.82, 2.24) is 14.9 Å². The van der Waals surface area contributed by atoms with Crippen LogP contribution in [0.4, 0.5) is 4.39 Å². The van der Waals surface area contributed by atoms with Gasteiger partial charge in [-0.15, -0.1) is 0 Å². The van der Waals surface area contributed by atoms with Gasteiger partial charge in [-0.1, -0.05) is 6.07 Å². The number of nitrogens with zero attached hydrogens (tertiary/aromatic N) is 3. The van der Waals surface area contributed by atoms with Crippen molar-refractivity contribution in [3.63, 3.8) is 0 Å². The number of carbonyl (C=O) groups excluding carboxylic acids is 1. The molecule has 1 aliphatic rings. The van der Waals surface area contributed by atoms with Crippen molar-refractivity contribution >= 4 is 5.91 Å². The van der Waals surface area contributed by atoms with Crippen molar-refractivity contribution in [2.75, 3.05) is 6.54 Å². The van der Waals surface area contributed by atoms with Crippen LogP contribution >= 0.6 is 0 Å². The zero-order valence-corrected chi connectivity index (χ0v) is 10.9. The quantitative estimate of drug-likeness (QED) is 0.789. The maximum Gasteiger partial charge on any atom is 0.273 e. The Kier molecular flexibility index (Phi) is 3.41.